The molecule has 0 radical (unpaired) electrons. The van der Waals surface area contributed by atoms with Crippen LogP contribution in [0, 0.1) is 0 Å². The van der Waals surface area contributed by atoms with Gasteiger partial charge in [-0.05, 0) is 6.42 Å². The van der Waals surface area contributed by atoms with Crippen LogP contribution in [0.15, 0.2) is 0 Å². The van der Waals surface area contributed by atoms with Crippen molar-refractivity contribution in [2.45, 2.75) is 37.2 Å². The summed E-state index contributed by atoms with van der Waals surface area (Å²) < 4.78 is 88.1. The Hall–Kier alpha value is -0.530. The molecule has 0 saturated carbocycles. The Labute approximate surface area is 73.8 Å². The average molecular weight is 226 g/mol. The fraction of sp³-hybridized carbons (Fsp3) is 1.00. The first-order valence-electron chi connectivity index (χ1n) is 3.54. The molecular formula is C6H5F7O. The smallest absolute Gasteiger partial charge is 0.295 e. The third-order valence-electron chi connectivity index (χ3n) is 2.09. The van der Waals surface area contributed by atoms with Gasteiger partial charge in [0.05, 0.1) is 0 Å². The summed E-state index contributed by atoms with van der Waals surface area (Å²) >= 11 is 0. The van der Waals surface area contributed by atoms with E-state index in [1.54, 1.807) is 0 Å². The lowest BCUT2D eigenvalue weighted by atomic mass is 9.97. The maximum atomic E-state index is 12.5. The van der Waals surface area contributed by atoms with Crippen LogP contribution in [0.1, 0.15) is 13.3 Å². The van der Waals surface area contributed by atoms with Crippen LogP contribution in [0.5, 0.6) is 0 Å². The van der Waals surface area contributed by atoms with E-state index in [0.717, 1.165) is 6.92 Å². The minimum absolute atomic E-state index is 0.778. The lowest BCUT2D eigenvalue weighted by Crippen LogP contribution is -2.51. The minimum Gasteiger partial charge on any atom is -0.295 e. The van der Waals surface area contributed by atoms with E-state index in [1.807, 2.05) is 0 Å². The van der Waals surface area contributed by atoms with Crippen LogP contribution in [-0.2, 0) is 4.74 Å². The summed E-state index contributed by atoms with van der Waals surface area (Å²) in [5, 5.41) is 0. The van der Waals surface area contributed by atoms with Gasteiger partial charge in [0.25, 0.3) is 0 Å². The lowest BCUT2D eigenvalue weighted by molar-refractivity contribution is -0.308. The maximum Gasteiger partial charge on any atom is 0.456 e. The standard InChI is InChI=1S/C6H5F7O/c1-2-3(6(12,13)14-3)4(7,8)5(9,10)11/h2H2,1H3. The number of rotatable bonds is 2. The van der Waals surface area contributed by atoms with Crippen LogP contribution >= 0.6 is 0 Å². The molecule has 1 rings (SSSR count). The topological polar surface area (TPSA) is 12.5 Å². The Morgan fingerprint density at radius 3 is 1.50 bits per heavy atom. The van der Waals surface area contributed by atoms with E-state index in [4.69, 9.17) is 0 Å². The molecule has 1 fully saturated rings. The van der Waals surface area contributed by atoms with Gasteiger partial charge in [0.1, 0.15) is 0 Å². The van der Waals surface area contributed by atoms with Crippen molar-refractivity contribution in [2.75, 3.05) is 0 Å². The van der Waals surface area contributed by atoms with Crippen LogP contribution in [0.3, 0.4) is 0 Å². The summed E-state index contributed by atoms with van der Waals surface area (Å²) in [4.78, 5) is 0. The molecule has 84 valence electrons. The van der Waals surface area contributed by atoms with Gasteiger partial charge in [0.15, 0.2) is 0 Å². The SMILES string of the molecule is CCC1(C(F)(F)C(F)(F)F)OC1(F)F. The van der Waals surface area contributed by atoms with Gasteiger partial charge < -0.3 is 0 Å². The predicted molar refractivity (Wildman–Crippen MR) is 30.1 cm³/mol. The van der Waals surface area contributed by atoms with Gasteiger partial charge >= 0.3 is 18.2 Å². The zero-order valence-electron chi connectivity index (χ0n) is 6.76. The predicted octanol–water partition coefficient (Wildman–Crippen LogP) is 2.96. The van der Waals surface area contributed by atoms with Crippen molar-refractivity contribution in [2.24, 2.45) is 0 Å². The molecule has 1 atom stereocenters. The van der Waals surface area contributed by atoms with Crippen LogP contribution in [-0.4, -0.2) is 23.8 Å². The fourth-order valence-corrected chi connectivity index (χ4v) is 1.17. The van der Waals surface area contributed by atoms with E-state index in [2.05, 4.69) is 4.74 Å². The summed E-state index contributed by atoms with van der Waals surface area (Å²) in [6.07, 6.45) is -11.6. The van der Waals surface area contributed by atoms with Crippen LogP contribution < -0.4 is 0 Å². The molecule has 0 spiro atoms. The van der Waals surface area contributed by atoms with Crippen LogP contribution in [0.25, 0.3) is 0 Å². The lowest BCUT2D eigenvalue weighted by Gasteiger charge is -2.24. The van der Waals surface area contributed by atoms with Gasteiger partial charge in [-0.2, -0.15) is 30.7 Å². The van der Waals surface area contributed by atoms with Crippen LogP contribution in [0.2, 0.25) is 0 Å². The van der Waals surface area contributed by atoms with E-state index in [9.17, 15) is 30.7 Å². The van der Waals surface area contributed by atoms with E-state index in [-0.39, 0.29) is 0 Å². The van der Waals surface area contributed by atoms with Crippen molar-refractivity contribution in [1.29, 1.82) is 0 Å². The first kappa shape index (κ1) is 11.5. The summed E-state index contributed by atoms with van der Waals surface area (Å²) in [7, 11) is 0. The number of halogens is 7. The molecule has 8 heteroatoms. The molecule has 1 aliphatic rings. The molecule has 0 amide bonds. The Morgan fingerprint density at radius 1 is 1.07 bits per heavy atom. The summed E-state index contributed by atoms with van der Waals surface area (Å²) in [6, 6.07) is 0. The monoisotopic (exact) mass is 226 g/mol. The zero-order chi connectivity index (χ0) is 11.4. The van der Waals surface area contributed by atoms with Gasteiger partial charge in [-0.15, -0.1) is 0 Å². The highest BCUT2D eigenvalue weighted by molar-refractivity contribution is 5.14. The molecule has 0 bridgehead atoms. The Balaban J connectivity index is 3.05. The highest BCUT2D eigenvalue weighted by atomic mass is 19.4. The van der Waals surface area contributed by atoms with Crippen molar-refractivity contribution >= 4 is 0 Å². The Bertz CT molecular complexity index is 245. The molecular weight excluding hydrogens is 221 g/mol. The second-order valence-corrected chi connectivity index (χ2v) is 2.87. The summed E-state index contributed by atoms with van der Waals surface area (Å²) in [5.74, 6) is -5.54. The molecule has 1 unspecified atom stereocenters. The number of hydrogen-bond acceptors (Lipinski definition) is 1. The van der Waals surface area contributed by atoms with Gasteiger partial charge in [-0.3, -0.25) is 4.74 Å². The van der Waals surface area contributed by atoms with E-state index in [1.165, 1.54) is 0 Å². The molecule has 1 nitrogen and oxygen atoms in total. The van der Waals surface area contributed by atoms with E-state index >= 15 is 0 Å². The molecule has 1 aliphatic heterocycles. The summed E-state index contributed by atoms with van der Waals surface area (Å²) in [5.41, 5.74) is -3.72. The van der Waals surface area contributed by atoms with Crippen LogP contribution in [0.4, 0.5) is 30.7 Å². The molecule has 14 heavy (non-hydrogen) atoms. The molecule has 0 aliphatic carbocycles. The van der Waals surface area contributed by atoms with Gasteiger partial charge in [-0.25, -0.2) is 0 Å². The second kappa shape index (κ2) is 2.53. The normalized spacial score (nSPS) is 31.7. The van der Waals surface area contributed by atoms with Crippen molar-refractivity contribution in [3.05, 3.63) is 0 Å². The Morgan fingerprint density at radius 2 is 1.43 bits per heavy atom. The third-order valence-corrected chi connectivity index (χ3v) is 2.09. The third kappa shape index (κ3) is 1.12. The molecule has 0 N–H and O–H groups in total. The fourth-order valence-electron chi connectivity index (χ4n) is 1.17. The van der Waals surface area contributed by atoms with Gasteiger partial charge in [0, 0.05) is 0 Å². The largest absolute Gasteiger partial charge is 0.456 e. The average Bonchev–Trinajstić information content (AvgIpc) is 2.52. The molecule has 0 aromatic carbocycles. The zero-order valence-corrected chi connectivity index (χ0v) is 6.76. The first-order valence-corrected chi connectivity index (χ1v) is 3.54. The molecule has 1 saturated heterocycles. The minimum atomic E-state index is -6.04. The molecule has 0 aromatic heterocycles. The maximum absolute atomic E-state index is 12.5. The van der Waals surface area contributed by atoms with E-state index in [0.29, 0.717) is 0 Å². The number of hydrogen-bond donors (Lipinski definition) is 0. The highest BCUT2D eigenvalue weighted by Gasteiger charge is 2.90. The molecule has 0 aromatic rings. The Kier molecular flexibility index (Phi) is 2.09. The highest BCUT2D eigenvalue weighted by Crippen LogP contribution is 2.64. The number of epoxide rings is 1. The number of alkyl halides is 7. The summed E-state index contributed by atoms with van der Waals surface area (Å²) in [6.45, 7) is 0.778. The van der Waals surface area contributed by atoms with Crippen molar-refractivity contribution in [3.8, 4) is 0 Å². The van der Waals surface area contributed by atoms with Gasteiger partial charge in [-0.1, -0.05) is 6.92 Å². The first-order chi connectivity index (χ1) is 6.02. The quantitative estimate of drug-likeness (QED) is 0.521. The van der Waals surface area contributed by atoms with Crippen molar-refractivity contribution in [1.82, 2.24) is 0 Å². The van der Waals surface area contributed by atoms with Crippen molar-refractivity contribution in [3.63, 3.8) is 0 Å². The van der Waals surface area contributed by atoms with Gasteiger partial charge in [0.2, 0.25) is 5.60 Å². The second-order valence-electron chi connectivity index (χ2n) is 2.87. The molecule has 1 heterocycles. The number of ether oxygens (including phenoxy) is 1. The van der Waals surface area contributed by atoms with E-state index < -0.39 is 30.2 Å². The van der Waals surface area contributed by atoms with Crippen molar-refractivity contribution < 1.29 is 35.5 Å².